The van der Waals surface area contributed by atoms with Crippen molar-refractivity contribution in [3.63, 3.8) is 0 Å². The number of halogens is 3. The normalized spacial score (nSPS) is 28.6. The number of aliphatic carboxylic acids is 1. The van der Waals surface area contributed by atoms with Gasteiger partial charge in [0.15, 0.2) is 0 Å². The molecule has 0 radical (unpaired) electrons. The van der Waals surface area contributed by atoms with Crippen LogP contribution in [-0.2, 0) is 4.79 Å². The van der Waals surface area contributed by atoms with Gasteiger partial charge in [0.25, 0.3) is 0 Å². The molecule has 1 aliphatic rings. The third-order valence-electron chi connectivity index (χ3n) is 4.50. The largest absolute Gasteiger partial charge is 0.481 e. The minimum absolute atomic E-state index is 0.0812. The van der Waals surface area contributed by atoms with Crippen LogP contribution in [0, 0.1) is 17.3 Å². The lowest BCUT2D eigenvalue weighted by atomic mass is 9.66. The Morgan fingerprint density at radius 2 is 1.84 bits per heavy atom. The van der Waals surface area contributed by atoms with E-state index in [-0.39, 0.29) is 12.8 Å². The van der Waals surface area contributed by atoms with Crippen LogP contribution in [0.5, 0.6) is 0 Å². The molecule has 0 saturated heterocycles. The van der Waals surface area contributed by atoms with Gasteiger partial charge in [0, 0.05) is 6.42 Å². The molecule has 19 heavy (non-hydrogen) atoms. The standard InChI is InChI=1S/C14H23F3O2/c1-10(2)11-4-8-13(9-5-11,12(18)19)6-3-7-14(15,16)17/h10-11H,3-9H2,1-2H3,(H,18,19). The Kier molecular flexibility index (Phi) is 5.27. The topological polar surface area (TPSA) is 37.3 Å². The molecule has 0 aromatic rings. The number of carbonyl (C=O) groups is 1. The van der Waals surface area contributed by atoms with Crippen LogP contribution in [0.1, 0.15) is 58.8 Å². The number of carboxylic acids is 1. The van der Waals surface area contributed by atoms with Gasteiger partial charge in [-0.2, -0.15) is 13.2 Å². The Bertz CT molecular complexity index is 302. The van der Waals surface area contributed by atoms with Gasteiger partial charge in [-0.3, -0.25) is 4.79 Å². The molecule has 0 aromatic carbocycles. The minimum atomic E-state index is -4.19. The van der Waals surface area contributed by atoms with Crippen LogP contribution in [0.4, 0.5) is 13.2 Å². The Hall–Kier alpha value is -0.740. The number of hydrogen-bond donors (Lipinski definition) is 1. The fraction of sp³-hybridized carbons (Fsp3) is 0.929. The first-order valence-corrected chi connectivity index (χ1v) is 6.96. The van der Waals surface area contributed by atoms with Crippen molar-refractivity contribution in [2.24, 2.45) is 17.3 Å². The Labute approximate surface area is 112 Å². The summed E-state index contributed by atoms with van der Waals surface area (Å²) in [5.41, 5.74) is -0.920. The van der Waals surface area contributed by atoms with E-state index in [4.69, 9.17) is 0 Å². The van der Waals surface area contributed by atoms with E-state index in [2.05, 4.69) is 13.8 Å². The summed E-state index contributed by atoms with van der Waals surface area (Å²) in [5, 5.41) is 9.36. The van der Waals surface area contributed by atoms with Crippen molar-refractivity contribution in [1.82, 2.24) is 0 Å². The smallest absolute Gasteiger partial charge is 0.389 e. The highest BCUT2D eigenvalue weighted by Gasteiger charge is 2.42. The maximum Gasteiger partial charge on any atom is 0.389 e. The highest BCUT2D eigenvalue weighted by Crippen LogP contribution is 2.45. The van der Waals surface area contributed by atoms with Crippen molar-refractivity contribution in [3.8, 4) is 0 Å². The molecule has 0 amide bonds. The molecule has 5 heteroatoms. The molecule has 1 rings (SSSR count). The van der Waals surface area contributed by atoms with Crippen LogP contribution in [0.3, 0.4) is 0 Å². The number of alkyl halides is 3. The van der Waals surface area contributed by atoms with Gasteiger partial charge in [-0.25, -0.2) is 0 Å². The summed E-state index contributed by atoms with van der Waals surface area (Å²) in [4.78, 5) is 11.4. The highest BCUT2D eigenvalue weighted by molar-refractivity contribution is 5.74. The molecule has 1 saturated carbocycles. The van der Waals surface area contributed by atoms with Crippen LogP contribution < -0.4 is 0 Å². The van der Waals surface area contributed by atoms with E-state index in [1.54, 1.807) is 0 Å². The molecule has 1 fully saturated rings. The lowest BCUT2D eigenvalue weighted by Crippen LogP contribution is -2.36. The van der Waals surface area contributed by atoms with Gasteiger partial charge in [0.05, 0.1) is 5.41 Å². The zero-order chi connectivity index (χ0) is 14.7. The van der Waals surface area contributed by atoms with E-state index in [0.29, 0.717) is 24.7 Å². The fourth-order valence-corrected chi connectivity index (χ4v) is 3.06. The Morgan fingerprint density at radius 1 is 1.32 bits per heavy atom. The van der Waals surface area contributed by atoms with Crippen LogP contribution in [0.25, 0.3) is 0 Å². The molecular weight excluding hydrogens is 257 g/mol. The average molecular weight is 280 g/mol. The van der Waals surface area contributed by atoms with Gasteiger partial charge in [-0.1, -0.05) is 13.8 Å². The summed E-state index contributed by atoms with van der Waals surface area (Å²) in [6.45, 7) is 4.23. The van der Waals surface area contributed by atoms with Gasteiger partial charge >= 0.3 is 12.1 Å². The summed E-state index contributed by atoms with van der Waals surface area (Å²) in [5.74, 6) is 0.106. The van der Waals surface area contributed by atoms with Gasteiger partial charge in [-0.15, -0.1) is 0 Å². The fourth-order valence-electron chi connectivity index (χ4n) is 3.06. The van der Waals surface area contributed by atoms with Gasteiger partial charge in [0.1, 0.15) is 0 Å². The molecule has 0 atom stereocenters. The zero-order valence-electron chi connectivity index (χ0n) is 11.6. The molecule has 2 nitrogen and oxygen atoms in total. The van der Waals surface area contributed by atoms with Crippen molar-refractivity contribution >= 4 is 5.97 Å². The molecule has 1 aliphatic carbocycles. The van der Waals surface area contributed by atoms with E-state index < -0.39 is 24.0 Å². The summed E-state index contributed by atoms with van der Waals surface area (Å²) in [6.07, 6.45) is -2.34. The SMILES string of the molecule is CC(C)C1CCC(CCCC(F)(F)F)(C(=O)O)CC1. The van der Waals surface area contributed by atoms with Gasteiger partial charge in [-0.05, 0) is 50.4 Å². The molecule has 0 aliphatic heterocycles. The van der Waals surface area contributed by atoms with Gasteiger partial charge in [0.2, 0.25) is 0 Å². The first kappa shape index (κ1) is 16.3. The summed E-state index contributed by atoms with van der Waals surface area (Å²) in [7, 11) is 0. The molecular formula is C14H23F3O2. The summed E-state index contributed by atoms with van der Waals surface area (Å²) < 4.78 is 36.5. The second kappa shape index (κ2) is 6.14. The van der Waals surface area contributed by atoms with Crippen LogP contribution >= 0.6 is 0 Å². The van der Waals surface area contributed by atoms with Crippen molar-refractivity contribution in [2.45, 2.75) is 65.0 Å². The van der Waals surface area contributed by atoms with Crippen molar-refractivity contribution < 1.29 is 23.1 Å². The molecule has 112 valence electrons. The maximum atomic E-state index is 12.2. The Morgan fingerprint density at radius 3 is 2.21 bits per heavy atom. The molecule has 1 N–H and O–H groups in total. The van der Waals surface area contributed by atoms with Crippen molar-refractivity contribution in [1.29, 1.82) is 0 Å². The quantitative estimate of drug-likeness (QED) is 0.796. The predicted molar refractivity (Wildman–Crippen MR) is 66.8 cm³/mol. The van der Waals surface area contributed by atoms with E-state index >= 15 is 0 Å². The Balaban J connectivity index is 2.56. The number of rotatable bonds is 5. The zero-order valence-corrected chi connectivity index (χ0v) is 11.6. The predicted octanol–water partition coefficient (Wildman–Crippen LogP) is 4.64. The maximum absolute atomic E-state index is 12.2. The lowest BCUT2D eigenvalue weighted by molar-refractivity contribution is -0.155. The summed E-state index contributed by atoms with van der Waals surface area (Å²) in [6, 6.07) is 0. The van der Waals surface area contributed by atoms with E-state index in [9.17, 15) is 23.1 Å². The lowest BCUT2D eigenvalue weighted by Gasteiger charge is -2.38. The molecule has 0 bridgehead atoms. The third kappa shape index (κ3) is 4.69. The van der Waals surface area contributed by atoms with E-state index in [1.807, 2.05) is 0 Å². The molecule has 0 aromatic heterocycles. The van der Waals surface area contributed by atoms with Gasteiger partial charge < -0.3 is 5.11 Å². The van der Waals surface area contributed by atoms with E-state index in [1.165, 1.54) is 0 Å². The molecule has 0 unspecified atom stereocenters. The first-order valence-electron chi connectivity index (χ1n) is 6.96. The number of carboxylic acid groups (broad SMARTS) is 1. The molecule has 0 heterocycles. The minimum Gasteiger partial charge on any atom is -0.481 e. The third-order valence-corrected chi connectivity index (χ3v) is 4.50. The molecule has 0 spiro atoms. The van der Waals surface area contributed by atoms with Crippen LogP contribution in [0.2, 0.25) is 0 Å². The average Bonchev–Trinajstić information content (AvgIpc) is 2.27. The summed E-state index contributed by atoms with van der Waals surface area (Å²) >= 11 is 0. The van der Waals surface area contributed by atoms with Crippen molar-refractivity contribution in [3.05, 3.63) is 0 Å². The van der Waals surface area contributed by atoms with Crippen LogP contribution in [0.15, 0.2) is 0 Å². The van der Waals surface area contributed by atoms with Crippen LogP contribution in [-0.4, -0.2) is 17.3 Å². The van der Waals surface area contributed by atoms with Crippen molar-refractivity contribution in [2.75, 3.05) is 0 Å². The number of hydrogen-bond acceptors (Lipinski definition) is 1. The second-order valence-electron chi connectivity index (χ2n) is 6.14. The first-order chi connectivity index (χ1) is 8.66. The monoisotopic (exact) mass is 280 g/mol. The highest BCUT2D eigenvalue weighted by atomic mass is 19.4. The second-order valence-corrected chi connectivity index (χ2v) is 6.14. The van der Waals surface area contributed by atoms with E-state index in [0.717, 1.165) is 12.8 Å².